The number of ether oxygens (including phenoxy) is 2. The summed E-state index contributed by atoms with van der Waals surface area (Å²) in [5, 5.41) is 0. The minimum Gasteiger partial charge on any atom is -0.465 e. The van der Waals surface area contributed by atoms with E-state index in [1.807, 2.05) is 19.1 Å². The summed E-state index contributed by atoms with van der Waals surface area (Å²) in [5.41, 5.74) is 0. The second-order valence-electron chi connectivity index (χ2n) is 9.09. The summed E-state index contributed by atoms with van der Waals surface area (Å²) in [7, 11) is 0. The van der Waals surface area contributed by atoms with Gasteiger partial charge in [-0.3, -0.25) is 9.59 Å². The van der Waals surface area contributed by atoms with E-state index in [1.165, 1.54) is 77.0 Å². The maximum absolute atomic E-state index is 12.5. The molecular formula is C27H48O4. The third-order valence-electron chi connectivity index (χ3n) is 6.23. The van der Waals surface area contributed by atoms with Crippen LogP contribution in [0.1, 0.15) is 123 Å². The Hall–Kier alpha value is -1.32. The van der Waals surface area contributed by atoms with E-state index in [0.29, 0.717) is 26.1 Å². The zero-order valence-corrected chi connectivity index (χ0v) is 20.4. The van der Waals surface area contributed by atoms with Gasteiger partial charge < -0.3 is 9.47 Å². The normalized spacial score (nSPS) is 18.1. The van der Waals surface area contributed by atoms with E-state index >= 15 is 0 Å². The van der Waals surface area contributed by atoms with E-state index in [0.717, 1.165) is 19.3 Å². The molecule has 180 valence electrons. The standard InChI is InChI=1S/C27H48O4/c1-3-5-6-7-8-9-10-11-12-13-14-15-16-19-23-31-27(29)25-21-18-17-20-24(25)26(28)30-22-4-2/h17-18,24-25H,3-16,19-23H2,1-2H3. The van der Waals surface area contributed by atoms with Crippen LogP contribution in [0.4, 0.5) is 0 Å². The van der Waals surface area contributed by atoms with E-state index in [1.54, 1.807) is 0 Å². The lowest BCUT2D eigenvalue weighted by Crippen LogP contribution is -2.34. The number of esters is 2. The summed E-state index contributed by atoms with van der Waals surface area (Å²) in [5.74, 6) is -1.27. The van der Waals surface area contributed by atoms with Gasteiger partial charge in [0.25, 0.3) is 0 Å². The van der Waals surface area contributed by atoms with Gasteiger partial charge in [-0.25, -0.2) is 0 Å². The van der Waals surface area contributed by atoms with Crippen LogP contribution in [0.25, 0.3) is 0 Å². The minimum atomic E-state index is -0.389. The van der Waals surface area contributed by atoms with Crippen molar-refractivity contribution in [1.29, 1.82) is 0 Å². The van der Waals surface area contributed by atoms with Crippen molar-refractivity contribution in [2.45, 2.75) is 123 Å². The topological polar surface area (TPSA) is 52.6 Å². The molecule has 0 spiro atoms. The summed E-state index contributed by atoms with van der Waals surface area (Å²) >= 11 is 0. The van der Waals surface area contributed by atoms with Crippen LogP contribution in [0.2, 0.25) is 0 Å². The molecule has 31 heavy (non-hydrogen) atoms. The first-order valence-electron chi connectivity index (χ1n) is 13.2. The second-order valence-corrected chi connectivity index (χ2v) is 9.09. The van der Waals surface area contributed by atoms with Gasteiger partial charge in [-0.15, -0.1) is 0 Å². The molecule has 0 bridgehead atoms. The average Bonchev–Trinajstić information content (AvgIpc) is 2.79. The quantitative estimate of drug-likeness (QED) is 0.119. The Morgan fingerprint density at radius 3 is 1.39 bits per heavy atom. The second kappa shape index (κ2) is 19.4. The van der Waals surface area contributed by atoms with Crippen LogP contribution < -0.4 is 0 Å². The van der Waals surface area contributed by atoms with E-state index in [2.05, 4.69) is 6.92 Å². The third kappa shape index (κ3) is 13.6. The lowest BCUT2D eigenvalue weighted by molar-refractivity contribution is -0.161. The number of rotatable bonds is 19. The maximum Gasteiger partial charge on any atom is 0.310 e. The lowest BCUT2D eigenvalue weighted by Gasteiger charge is -2.25. The molecular weight excluding hydrogens is 388 g/mol. The average molecular weight is 437 g/mol. The molecule has 1 aliphatic rings. The van der Waals surface area contributed by atoms with Crippen LogP contribution in [-0.4, -0.2) is 25.2 Å². The number of hydrogen-bond donors (Lipinski definition) is 0. The molecule has 0 saturated heterocycles. The maximum atomic E-state index is 12.5. The highest BCUT2D eigenvalue weighted by Crippen LogP contribution is 2.28. The Balaban J connectivity index is 1.99. The van der Waals surface area contributed by atoms with E-state index in [9.17, 15) is 9.59 Å². The van der Waals surface area contributed by atoms with Crippen LogP contribution in [0.5, 0.6) is 0 Å². The van der Waals surface area contributed by atoms with Gasteiger partial charge in [-0.2, -0.15) is 0 Å². The fourth-order valence-electron chi connectivity index (χ4n) is 4.22. The molecule has 0 aromatic rings. The number of allylic oxidation sites excluding steroid dienone is 2. The Morgan fingerprint density at radius 1 is 0.581 bits per heavy atom. The van der Waals surface area contributed by atoms with Crippen molar-refractivity contribution in [1.82, 2.24) is 0 Å². The fourth-order valence-corrected chi connectivity index (χ4v) is 4.22. The number of hydrogen-bond acceptors (Lipinski definition) is 4. The van der Waals surface area contributed by atoms with Crippen LogP contribution in [-0.2, 0) is 19.1 Å². The fraction of sp³-hybridized carbons (Fsp3) is 0.852. The Bertz CT molecular complexity index is 486. The van der Waals surface area contributed by atoms with E-state index in [4.69, 9.17) is 9.47 Å². The monoisotopic (exact) mass is 436 g/mol. The number of carbonyl (C=O) groups excluding carboxylic acids is 2. The highest BCUT2D eigenvalue weighted by Gasteiger charge is 2.36. The van der Waals surface area contributed by atoms with Crippen molar-refractivity contribution in [3.63, 3.8) is 0 Å². The van der Waals surface area contributed by atoms with Gasteiger partial charge in [0, 0.05) is 0 Å². The van der Waals surface area contributed by atoms with Crippen molar-refractivity contribution in [2.75, 3.05) is 13.2 Å². The predicted octanol–water partition coefficient (Wildman–Crippen LogP) is 7.55. The van der Waals surface area contributed by atoms with Gasteiger partial charge in [0.05, 0.1) is 25.0 Å². The first kappa shape index (κ1) is 27.7. The van der Waals surface area contributed by atoms with Crippen LogP contribution in [0, 0.1) is 11.8 Å². The lowest BCUT2D eigenvalue weighted by atomic mass is 9.83. The SMILES string of the molecule is CCCCCCCCCCCCCCCCOC(=O)C1CC=CCC1C(=O)OCCC. The van der Waals surface area contributed by atoms with Crippen LogP contribution >= 0.6 is 0 Å². The minimum absolute atomic E-state index is 0.238. The molecule has 1 aliphatic carbocycles. The molecule has 4 nitrogen and oxygen atoms in total. The van der Waals surface area contributed by atoms with Gasteiger partial charge in [-0.1, -0.05) is 109 Å². The number of carbonyl (C=O) groups is 2. The molecule has 0 aromatic heterocycles. The molecule has 0 aromatic carbocycles. The third-order valence-corrected chi connectivity index (χ3v) is 6.23. The summed E-state index contributed by atoms with van der Waals surface area (Å²) in [6.45, 7) is 5.12. The van der Waals surface area contributed by atoms with Crippen molar-refractivity contribution >= 4 is 11.9 Å². The molecule has 2 atom stereocenters. The summed E-state index contributed by atoms with van der Waals surface area (Å²) < 4.78 is 10.8. The Labute approximate surface area is 191 Å². The molecule has 0 radical (unpaired) electrons. The zero-order chi connectivity index (χ0) is 22.6. The Kier molecular flexibility index (Phi) is 17.3. The highest BCUT2D eigenvalue weighted by molar-refractivity contribution is 5.82. The van der Waals surface area contributed by atoms with Crippen molar-refractivity contribution in [3.8, 4) is 0 Å². The Morgan fingerprint density at radius 2 is 0.968 bits per heavy atom. The van der Waals surface area contributed by atoms with Gasteiger partial charge in [0.15, 0.2) is 0 Å². The van der Waals surface area contributed by atoms with Crippen molar-refractivity contribution in [2.24, 2.45) is 11.8 Å². The van der Waals surface area contributed by atoms with Gasteiger partial charge >= 0.3 is 11.9 Å². The summed E-state index contributed by atoms with van der Waals surface area (Å²) in [6, 6.07) is 0. The van der Waals surface area contributed by atoms with Crippen LogP contribution in [0.3, 0.4) is 0 Å². The molecule has 4 heteroatoms. The van der Waals surface area contributed by atoms with Gasteiger partial charge in [0.2, 0.25) is 0 Å². The molecule has 1 rings (SSSR count). The van der Waals surface area contributed by atoms with E-state index in [-0.39, 0.29) is 23.8 Å². The number of unbranched alkanes of at least 4 members (excludes halogenated alkanes) is 13. The first-order valence-corrected chi connectivity index (χ1v) is 13.2. The predicted molar refractivity (Wildman–Crippen MR) is 128 cm³/mol. The van der Waals surface area contributed by atoms with E-state index < -0.39 is 0 Å². The zero-order valence-electron chi connectivity index (χ0n) is 20.4. The molecule has 0 amide bonds. The summed E-state index contributed by atoms with van der Waals surface area (Å²) in [6.07, 6.45) is 24.2. The molecule has 0 N–H and O–H groups in total. The summed E-state index contributed by atoms with van der Waals surface area (Å²) in [4.78, 5) is 24.7. The molecule has 0 heterocycles. The van der Waals surface area contributed by atoms with Crippen molar-refractivity contribution in [3.05, 3.63) is 12.2 Å². The molecule has 0 saturated carbocycles. The molecule has 0 aliphatic heterocycles. The largest absolute Gasteiger partial charge is 0.465 e. The first-order chi connectivity index (χ1) is 15.2. The molecule has 0 fully saturated rings. The van der Waals surface area contributed by atoms with Gasteiger partial charge in [0.1, 0.15) is 0 Å². The smallest absolute Gasteiger partial charge is 0.310 e. The van der Waals surface area contributed by atoms with Crippen molar-refractivity contribution < 1.29 is 19.1 Å². The van der Waals surface area contributed by atoms with Crippen LogP contribution in [0.15, 0.2) is 12.2 Å². The highest BCUT2D eigenvalue weighted by atomic mass is 16.5. The van der Waals surface area contributed by atoms with Gasteiger partial charge in [-0.05, 0) is 25.7 Å². The molecule has 2 unspecified atom stereocenters.